The summed E-state index contributed by atoms with van der Waals surface area (Å²) in [5, 5.41) is 12.3. The first kappa shape index (κ1) is 9.36. The molecule has 2 nitrogen and oxygen atoms in total. The van der Waals surface area contributed by atoms with Gasteiger partial charge in [-0.1, -0.05) is 6.92 Å². The third-order valence-electron chi connectivity index (χ3n) is 1.88. The minimum Gasteiger partial charge on any atom is -0.379 e. The number of aliphatic hydroxyl groups is 1. The van der Waals surface area contributed by atoms with Gasteiger partial charge in [-0.25, -0.2) is 0 Å². The average molecular weight is 175 g/mol. The summed E-state index contributed by atoms with van der Waals surface area (Å²) < 4.78 is 0. The Balaban J connectivity index is 1.99. The molecule has 0 saturated carbocycles. The van der Waals surface area contributed by atoms with Crippen LogP contribution in [0.3, 0.4) is 0 Å². The van der Waals surface area contributed by atoms with Crippen LogP contribution >= 0.6 is 11.8 Å². The van der Waals surface area contributed by atoms with Crippen LogP contribution < -0.4 is 5.32 Å². The van der Waals surface area contributed by atoms with E-state index in [2.05, 4.69) is 12.2 Å². The molecule has 1 heterocycles. The van der Waals surface area contributed by atoms with E-state index in [-0.39, 0.29) is 6.23 Å². The molecule has 2 atom stereocenters. The summed E-state index contributed by atoms with van der Waals surface area (Å²) in [5.41, 5.74) is 0. The monoisotopic (exact) mass is 175 g/mol. The number of thioether (sulfide) groups is 1. The largest absolute Gasteiger partial charge is 0.379 e. The summed E-state index contributed by atoms with van der Waals surface area (Å²) in [6.07, 6.45) is 3.08. The van der Waals surface area contributed by atoms with E-state index in [1.54, 1.807) is 0 Å². The Kier molecular flexibility index (Phi) is 4.26. The van der Waals surface area contributed by atoms with Crippen molar-refractivity contribution in [2.24, 2.45) is 0 Å². The maximum atomic E-state index is 9.14. The van der Waals surface area contributed by atoms with Gasteiger partial charge in [-0.3, -0.25) is 5.32 Å². The average Bonchev–Trinajstić information content (AvgIpc) is 2.37. The maximum absolute atomic E-state index is 9.14. The zero-order valence-corrected chi connectivity index (χ0v) is 7.86. The Morgan fingerprint density at radius 3 is 2.91 bits per heavy atom. The summed E-state index contributed by atoms with van der Waals surface area (Å²) in [4.78, 5) is 0. The highest BCUT2D eigenvalue weighted by Crippen LogP contribution is 2.15. The molecule has 0 aromatic carbocycles. The van der Waals surface area contributed by atoms with Gasteiger partial charge in [0.1, 0.15) is 6.23 Å². The first-order valence-corrected chi connectivity index (χ1v) is 5.50. The smallest absolute Gasteiger partial charge is 0.105 e. The number of hydrogen-bond donors (Lipinski definition) is 2. The first-order valence-electron chi connectivity index (χ1n) is 4.34. The molecule has 0 aromatic rings. The number of nitrogens with one attached hydrogen (secondary N) is 1. The summed E-state index contributed by atoms with van der Waals surface area (Å²) >= 11 is 1.98. The van der Waals surface area contributed by atoms with Gasteiger partial charge < -0.3 is 5.11 Å². The fourth-order valence-electron chi connectivity index (χ4n) is 1.30. The maximum Gasteiger partial charge on any atom is 0.105 e. The lowest BCUT2D eigenvalue weighted by molar-refractivity contribution is 0.156. The van der Waals surface area contributed by atoms with E-state index in [9.17, 15) is 0 Å². The van der Waals surface area contributed by atoms with Crippen LogP contribution in [0.25, 0.3) is 0 Å². The van der Waals surface area contributed by atoms with Crippen LogP contribution in [-0.4, -0.2) is 28.9 Å². The van der Waals surface area contributed by atoms with Crippen molar-refractivity contribution in [3.63, 3.8) is 0 Å². The van der Waals surface area contributed by atoms with Crippen LogP contribution in [0.4, 0.5) is 0 Å². The van der Waals surface area contributed by atoms with Gasteiger partial charge in [-0.2, -0.15) is 11.8 Å². The highest BCUT2D eigenvalue weighted by molar-refractivity contribution is 7.99. The molecule has 0 radical (unpaired) electrons. The predicted molar refractivity (Wildman–Crippen MR) is 49.8 cm³/mol. The molecule has 1 fully saturated rings. The molecule has 1 aliphatic heterocycles. The number of hydrogen-bond acceptors (Lipinski definition) is 3. The zero-order valence-electron chi connectivity index (χ0n) is 7.05. The summed E-state index contributed by atoms with van der Waals surface area (Å²) in [7, 11) is 0. The van der Waals surface area contributed by atoms with Crippen molar-refractivity contribution >= 4 is 11.8 Å². The molecule has 2 unspecified atom stereocenters. The van der Waals surface area contributed by atoms with Crippen LogP contribution in [0.5, 0.6) is 0 Å². The van der Waals surface area contributed by atoms with Crippen molar-refractivity contribution in [2.45, 2.75) is 38.5 Å². The molecule has 0 bridgehead atoms. The van der Waals surface area contributed by atoms with Crippen molar-refractivity contribution in [1.29, 1.82) is 0 Å². The minimum absolute atomic E-state index is 0.234. The molecule has 1 rings (SSSR count). The molecule has 1 aliphatic rings. The van der Waals surface area contributed by atoms with Crippen LogP contribution in [0, 0.1) is 0 Å². The van der Waals surface area contributed by atoms with Gasteiger partial charge >= 0.3 is 0 Å². The van der Waals surface area contributed by atoms with Crippen molar-refractivity contribution in [2.75, 3.05) is 11.5 Å². The quantitative estimate of drug-likeness (QED) is 0.630. The van der Waals surface area contributed by atoms with E-state index < -0.39 is 0 Å². The summed E-state index contributed by atoms with van der Waals surface area (Å²) in [6.45, 7) is 2.20. The van der Waals surface area contributed by atoms with Gasteiger partial charge in [0.15, 0.2) is 0 Å². The molecule has 0 aromatic heterocycles. The third kappa shape index (κ3) is 3.45. The Hall–Kier alpha value is 0.270. The van der Waals surface area contributed by atoms with Crippen molar-refractivity contribution in [3.05, 3.63) is 0 Å². The lowest BCUT2D eigenvalue weighted by atomic mass is 10.2. The van der Waals surface area contributed by atoms with Gasteiger partial charge in [0.05, 0.1) is 0 Å². The molecular formula is C8H17NOS. The fraction of sp³-hybridized carbons (Fsp3) is 1.00. The van der Waals surface area contributed by atoms with Gasteiger partial charge in [-0.15, -0.1) is 0 Å². The van der Waals surface area contributed by atoms with Crippen LogP contribution in [0.1, 0.15) is 26.2 Å². The summed E-state index contributed by atoms with van der Waals surface area (Å²) in [6, 6.07) is 0.557. The molecular weight excluding hydrogens is 158 g/mol. The van der Waals surface area contributed by atoms with E-state index in [1.165, 1.54) is 12.2 Å². The van der Waals surface area contributed by atoms with E-state index >= 15 is 0 Å². The van der Waals surface area contributed by atoms with E-state index in [0.29, 0.717) is 6.04 Å². The van der Waals surface area contributed by atoms with Gasteiger partial charge in [-0.05, 0) is 25.0 Å². The van der Waals surface area contributed by atoms with Crippen LogP contribution in [0.15, 0.2) is 0 Å². The van der Waals surface area contributed by atoms with Crippen LogP contribution in [0.2, 0.25) is 0 Å². The molecule has 0 aliphatic carbocycles. The van der Waals surface area contributed by atoms with E-state index in [4.69, 9.17) is 5.11 Å². The molecule has 2 N–H and O–H groups in total. The van der Waals surface area contributed by atoms with Gasteiger partial charge in [0.2, 0.25) is 0 Å². The van der Waals surface area contributed by atoms with Crippen molar-refractivity contribution < 1.29 is 5.11 Å². The first-order chi connectivity index (χ1) is 5.33. The van der Waals surface area contributed by atoms with Gasteiger partial charge in [0, 0.05) is 11.8 Å². The molecule has 11 heavy (non-hydrogen) atoms. The standard InChI is InChI=1S/C8H17NOS/c1-2-5-11-6-7-3-4-8(10)9-7/h7-10H,2-6H2,1H3. The Morgan fingerprint density at radius 2 is 2.36 bits per heavy atom. The topological polar surface area (TPSA) is 32.3 Å². The van der Waals surface area contributed by atoms with E-state index in [1.807, 2.05) is 11.8 Å². The third-order valence-corrected chi connectivity index (χ3v) is 3.22. The lowest BCUT2D eigenvalue weighted by Gasteiger charge is -2.09. The number of aliphatic hydroxyl groups excluding tert-OH is 1. The number of rotatable bonds is 4. The minimum atomic E-state index is -0.234. The zero-order chi connectivity index (χ0) is 8.10. The van der Waals surface area contributed by atoms with Crippen molar-refractivity contribution in [1.82, 2.24) is 5.32 Å². The molecule has 0 spiro atoms. The second-order valence-corrected chi connectivity index (χ2v) is 4.18. The normalized spacial score (nSPS) is 31.1. The predicted octanol–water partition coefficient (Wildman–Crippen LogP) is 1.20. The second kappa shape index (κ2) is 5.01. The molecule has 1 saturated heterocycles. The lowest BCUT2D eigenvalue weighted by Crippen LogP contribution is -2.30. The highest BCUT2D eigenvalue weighted by Gasteiger charge is 2.20. The molecule has 3 heteroatoms. The van der Waals surface area contributed by atoms with Crippen molar-refractivity contribution in [3.8, 4) is 0 Å². The second-order valence-electron chi connectivity index (χ2n) is 3.03. The van der Waals surface area contributed by atoms with Gasteiger partial charge in [0.25, 0.3) is 0 Å². The summed E-state index contributed by atoms with van der Waals surface area (Å²) in [5.74, 6) is 2.40. The molecule has 66 valence electrons. The Labute approximate surface area is 72.8 Å². The fourth-order valence-corrected chi connectivity index (χ4v) is 2.30. The van der Waals surface area contributed by atoms with Crippen LogP contribution in [-0.2, 0) is 0 Å². The Morgan fingerprint density at radius 1 is 1.55 bits per heavy atom. The molecule has 0 amide bonds. The highest BCUT2D eigenvalue weighted by atomic mass is 32.2. The Bertz CT molecular complexity index is 110. The SMILES string of the molecule is CCCSCC1CCC(O)N1. The van der Waals surface area contributed by atoms with E-state index in [0.717, 1.165) is 18.6 Å².